The van der Waals surface area contributed by atoms with Gasteiger partial charge < -0.3 is 14.4 Å². The molecule has 1 fully saturated rings. The van der Waals surface area contributed by atoms with Crippen LogP contribution in [-0.4, -0.2) is 29.1 Å². The fraction of sp³-hybridized carbons (Fsp3) is 0.538. The van der Waals surface area contributed by atoms with Crippen molar-refractivity contribution >= 4 is 27.5 Å². The highest BCUT2D eigenvalue weighted by atomic mass is 79.9. The van der Waals surface area contributed by atoms with Crippen LogP contribution in [0.3, 0.4) is 0 Å². The molecular weight excluding hydrogens is 626 g/mol. The zero-order valence-corrected chi connectivity index (χ0v) is 29.4. The number of hydrogen-bond donors (Lipinski definition) is 0. The number of allylic oxidation sites excluding steroid dienone is 4. The molecule has 0 aromatic heterocycles. The number of hydrogen-bond acceptors (Lipinski definition) is 5. The topological polar surface area (TPSA) is 55.8 Å². The third-order valence-corrected chi connectivity index (χ3v) is 10.6. The Morgan fingerprint density at radius 3 is 2.04 bits per heavy atom. The first-order valence-corrected chi connectivity index (χ1v) is 17.6. The predicted octanol–water partition coefficient (Wildman–Crippen LogP) is 9.75. The molecule has 6 rings (SSSR count). The molecule has 0 unspecified atom stereocenters. The molecule has 2 aromatic rings. The highest BCUT2D eigenvalue weighted by Crippen LogP contribution is 2.56. The van der Waals surface area contributed by atoms with Crippen LogP contribution in [0.25, 0.3) is 0 Å². The second-order valence-corrected chi connectivity index (χ2v) is 16.1. The molecule has 0 radical (unpaired) electrons. The van der Waals surface area contributed by atoms with Crippen LogP contribution in [0.15, 0.2) is 63.4 Å². The number of benzene rings is 2. The molecule has 0 spiro atoms. The monoisotopic (exact) mass is 673 g/mol. The Kier molecular flexibility index (Phi) is 8.84. The van der Waals surface area contributed by atoms with Crippen molar-refractivity contribution in [2.75, 3.05) is 6.61 Å². The first-order valence-electron chi connectivity index (χ1n) is 16.8. The Labute approximate surface area is 277 Å². The Morgan fingerprint density at radius 1 is 0.844 bits per heavy atom. The first-order chi connectivity index (χ1) is 21.4. The lowest BCUT2D eigenvalue weighted by atomic mass is 9.63. The molecule has 0 N–H and O–H groups in total. The quantitative estimate of drug-likeness (QED) is 0.293. The van der Waals surface area contributed by atoms with Crippen molar-refractivity contribution in [3.63, 3.8) is 0 Å². The number of carbonyl (C=O) groups excluding carboxylic acids is 2. The van der Waals surface area contributed by atoms with Crippen molar-refractivity contribution in [1.82, 2.24) is 4.90 Å². The standard InChI is InChI=1S/C39H48BrNO4/c1-7-44-33-18-26(17-28(40)37(33)45-23-25-13-11-12-24(2)16-25)34-35-29(19-38(3,4)21-31(35)42)41(27-14-9-8-10-15-27)30-20-39(5,6)22-32(43)36(30)34/h11-13,16-18,27,34H,7-10,14-15,19-23H2,1-6H3. The van der Waals surface area contributed by atoms with E-state index in [-0.39, 0.29) is 22.4 Å². The maximum absolute atomic E-state index is 14.3. The lowest BCUT2D eigenvalue weighted by Gasteiger charge is -2.52. The number of nitrogens with zero attached hydrogens (tertiary/aromatic N) is 1. The van der Waals surface area contributed by atoms with Crippen molar-refractivity contribution in [3.8, 4) is 11.5 Å². The van der Waals surface area contributed by atoms with Gasteiger partial charge in [0, 0.05) is 47.3 Å². The number of Topliss-reactive ketones (excluding diaryl/α,β-unsaturated/α-hetero) is 2. The molecule has 1 saturated carbocycles. The van der Waals surface area contributed by atoms with Gasteiger partial charge in [-0.2, -0.15) is 0 Å². The molecule has 45 heavy (non-hydrogen) atoms. The van der Waals surface area contributed by atoms with Crippen molar-refractivity contribution < 1.29 is 19.1 Å². The molecule has 3 aliphatic carbocycles. The van der Waals surface area contributed by atoms with E-state index >= 15 is 0 Å². The summed E-state index contributed by atoms with van der Waals surface area (Å²) in [7, 11) is 0. The van der Waals surface area contributed by atoms with Crippen molar-refractivity contribution in [1.29, 1.82) is 0 Å². The largest absolute Gasteiger partial charge is 0.490 e. The number of halogens is 1. The van der Waals surface area contributed by atoms with Crippen molar-refractivity contribution in [3.05, 3.63) is 80.1 Å². The van der Waals surface area contributed by atoms with Crippen LogP contribution in [-0.2, 0) is 16.2 Å². The molecule has 240 valence electrons. The predicted molar refractivity (Wildman–Crippen MR) is 182 cm³/mol. The first kappa shape index (κ1) is 32.1. The van der Waals surface area contributed by atoms with E-state index in [4.69, 9.17) is 9.47 Å². The zero-order valence-electron chi connectivity index (χ0n) is 27.9. The maximum atomic E-state index is 14.3. The van der Waals surface area contributed by atoms with E-state index in [1.807, 2.05) is 19.1 Å². The van der Waals surface area contributed by atoms with Gasteiger partial charge in [0.2, 0.25) is 0 Å². The maximum Gasteiger partial charge on any atom is 0.175 e. The number of ketones is 2. The minimum absolute atomic E-state index is 0.135. The number of aryl methyl sites for hydroxylation is 1. The molecule has 1 aliphatic heterocycles. The molecule has 5 nitrogen and oxygen atoms in total. The summed E-state index contributed by atoms with van der Waals surface area (Å²) in [6.07, 6.45) is 8.50. The number of rotatable bonds is 7. The Balaban J connectivity index is 1.51. The van der Waals surface area contributed by atoms with E-state index in [1.54, 1.807) is 0 Å². The molecule has 4 aliphatic rings. The highest BCUT2D eigenvalue weighted by molar-refractivity contribution is 9.10. The fourth-order valence-corrected chi connectivity index (χ4v) is 8.80. The third kappa shape index (κ3) is 6.41. The highest BCUT2D eigenvalue weighted by Gasteiger charge is 2.50. The summed E-state index contributed by atoms with van der Waals surface area (Å²) < 4.78 is 13.3. The van der Waals surface area contributed by atoms with E-state index in [2.05, 4.69) is 79.7 Å². The second-order valence-electron chi connectivity index (χ2n) is 15.2. The summed E-state index contributed by atoms with van der Waals surface area (Å²) >= 11 is 3.82. The van der Waals surface area contributed by atoms with Gasteiger partial charge in [0.05, 0.1) is 11.1 Å². The summed E-state index contributed by atoms with van der Waals surface area (Å²) in [6, 6.07) is 12.7. The van der Waals surface area contributed by atoms with Gasteiger partial charge in [-0.25, -0.2) is 0 Å². The van der Waals surface area contributed by atoms with Crippen LogP contribution in [0.4, 0.5) is 0 Å². The minimum atomic E-state index is -0.414. The Morgan fingerprint density at radius 2 is 1.47 bits per heavy atom. The van der Waals surface area contributed by atoms with E-state index in [1.165, 1.54) is 24.8 Å². The lowest BCUT2D eigenvalue weighted by molar-refractivity contribution is -0.119. The van der Waals surface area contributed by atoms with Gasteiger partial charge in [-0.05, 0) is 89.6 Å². The lowest BCUT2D eigenvalue weighted by Crippen LogP contribution is -2.48. The third-order valence-electron chi connectivity index (χ3n) is 10.0. The second kappa shape index (κ2) is 12.4. The molecule has 0 atom stereocenters. The molecular formula is C39H48BrNO4. The molecule has 0 bridgehead atoms. The van der Waals surface area contributed by atoms with Gasteiger partial charge in [-0.1, -0.05) is 76.8 Å². The average Bonchev–Trinajstić information content (AvgIpc) is 2.95. The number of ether oxygens (including phenoxy) is 2. The van der Waals surface area contributed by atoms with Gasteiger partial charge in [0.15, 0.2) is 23.1 Å². The zero-order chi connectivity index (χ0) is 32.1. The normalized spacial score (nSPS) is 22.0. The molecule has 0 amide bonds. The van der Waals surface area contributed by atoms with Crippen LogP contribution in [0, 0.1) is 17.8 Å². The molecule has 0 saturated heterocycles. The average molecular weight is 675 g/mol. The van der Waals surface area contributed by atoms with Gasteiger partial charge in [0.1, 0.15) is 6.61 Å². The Hall–Kier alpha value is -2.86. The SMILES string of the molecule is CCOc1cc(C2C3=C(CC(C)(C)CC3=O)N(C3CCCCC3)C3=C2C(=O)CC(C)(C)C3)cc(Br)c1OCc1cccc(C)c1. The van der Waals surface area contributed by atoms with Crippen molar-refractivity contribution in [2.24, 2.45) is 10.8 Å². The van der Waals surface area contributed by atoms with Gasteiger partial charge in [-0.15, -0.1) is 0 Å². The van der Waals surface area contributed by atoms with Crippen LogP contribution < -0.4 is 9.47 Å². The summed E-state index contributed by atoms with van der Waals surface area (Å²) in [6.45, 7) is 13.8. The van der Waals surface area contributed by atoms with E-state index in [0.29, 0.717) is 43.6 Å². The molecule has 6 heteroatoms. The fourth-order valence-electron chi connectivity index (χ4n) is 8.22. The van der Waals surface area contributed by atoms with E-state index in [0.717, 1.165) is 63.8 Å². The minimum Gasteiger partial charge on any atom is -0.490 e. The Bertz CT molecular complexity index is 1520. The summed E-state index contributed by atoms with van der Waals surface area (Å²) in [4.78, 5) is 31.2. The van der Waals surface area contributed by atoms with Gasteiger partial charge in [0.25, 0.3) is 0 Å². The van der Waals surface area contributed by atoms with Crippen LogP contribution >= 0.6 is 15.9 Å². The summed E-state index contributed by atoms with van der Waals surface area (Å²) in [5.41, 5.74) is 6.89. The summed E-state index contributed by atoms with van der Waals surface area (Å²) in [5, 5.41) is 0. The van der Waals surface area contributed by atoms with E-state index < -0.39 is 5.92 Å². The smallest absolute Gasteiger partial charge is 0.175 e. The van der Waals surface area contributed by atoms with Gasteiger partial charge in [-0.3, -0.25) is 9.59 Å². The van der Waals surface area contributed by atoms with Crippen LogP contribution in [0.2, 0.25) is 0 Å². The summed E-state index contributed by atoms with van der Waals surface area (Å²) in [5.74, 6) is 1.19. The van der Waals surface area contributed by atoms with Crippen LogP contribution in [0.5, 0.6) is 11.5 Å². The van der Waals surface area contributed by atoms with Gasteiger partial charge >= 0.3 is 0 Å². The molecule has 1 heterocycles. The number of carbonyl (C=O) groups is 2. The van der Waals surface area contributed by atoms with Crippen molar-refractivity contribution in [2.45, 2.75) is 118 Å². The van der Waals surface area contributed by atoms with Crippen LogP contribution in [0.1, 0.15) is 115 Å². The van der Waals surface area contributed by atoms with E-state index in [9.17, 15) is 9.59 Å². The molecule has 2 aromatic carbocycles.